The fourth-order valence-electron chi connectivity index (χ4n) is 3.44. The zero-order chi connectivity index (χ0) is 23.4. The van der Waals surface area contributed by atoms with E-state index < -0.39 is 12.1 Å². The number of ether oxygens (including phenoxy) is 1. The molecule has 1 aliphatic heterocycles. The van der Waals surface area contributed by atoms with E-state index in [2.05, 4.69) is 31.7 Å². The summed E-state index contributed by atoms with van der Waals surface area (Å²) in [5.74, 6) is 0.108. The van der Waals surface area contributed by atoms with Crippen molar-refractivity contribution < 1.29 is 14.3 Å². The fourth-order valence-corrected chi connectivity index (χ4v) is 3.44. The topological polar surface area (TPSA) is 157 Å². The number of hydrogen-bond acceptors (Lipinski definition) is 9. The van der Waals surface area contributed by atoms with E-state index in [9.17, 15) is 20.1 Å². The quantitative estimate of drug-likeness (QED) is 0.667. The van der Waals surface area contributed by atoms with E-state index in [0.717, 1.165) is 12.8 Å². The van der Waals surface area contributed by atoms with Crippen LogP contribution in [0.15, 0.2) is 24.7 Å². The van der Waals surface area contributed by atoms with Crippen LogP contribution in [0.1, 0.15) is 25.5 Å². The van der Waals surface area contributed by atoms with Gasteiger partial charge in [0.25, 0.3) is 0 Å². The molecule has 4 rings (SSSR count). The Labute approximate surface area is 190 Å². The smallest absolute Gasteiger partial charge is 0.246 e. The molecular weight excluding hydrogens is 424 g/mol. The zero-order valence-electron chi connectivity index (χ0n) is 18.0. The fraction of sp³-hybridized carbons (Fsp3) is 0.409. The Bertz CT molecular complexity index is 1130. The van der Waals surface area contributed by atoms with Crippen molar-refractivity contribution in [3.05, 3.63) is 30.4 Å². The van der Waals surface area contributed by atoms with Gasteiger partial charge in [0.15, 0.2) is 11.5 Å². The number of carbonyl (C=O) groups excluding carboxylic acids is 2. The van der Waals surface area contributed by atoms with Gasteiger partial charge in [0, 0.05) is 24.2 Å². The van der Waals surface area contributed by atoms with Crippen LogP contribution in [0.3, 0.4) is 0 Å². The summed E-state index contributed by atoms with van der Waals surface area (Å²) in [6.07, 6.45) is 6.26. The maximum absolute atomic E-state index is 12.9. The van der Waals surface area contributed by atoms with Gasteiger partial charge in [-0.1, -0.05) is 0 Å². The summed E-state index contributed by atoms with van der Waals surface area (Å²) in [7, 11) is 0. The van der Waals surface area contributed by atoms with Crippen LogP contribution >= 0.6 is 0 Å². The predicted molar refractivity (Wildman–Crippen MR) is 116 cm³/mol. The molecule has 1 unspecified atom stereocenters. The third-order valence-corrected chi connectivity index (χ3v) is 5.44. The minimum atomic E-state index is -0.700. The number of hydrogen-bond donors (Lipinski definition) is 2. The molecule has 0 bridgehead atoms. The first-order chi connectivity index (χ1) is 16.0. The molecular formula is C22H22N8O3. The monoisotopic (exact) mass is 446 g/mol. The van der Waals surface area contributed by atoms with E-state index in [0.29, 0.717) is 35.9 Å². The maximum atomic E-state index is 12.9. The molecule has 2 atom stereocenters. The van der Waals surface area contributed by atoms with Gasteiger partial charge in [0.2, 0.25) is 11.8 Å². The Morgan fingerprint density at radius 3 is 2.70 bits per heavy atom. The van der Waals surface area contributed by atoms with E-state index in [4.69, 9.17) is 4.74 Å². The van der Waals surface area contributed by atoms with Gasteiger partial charge in [-0.05, 0) is 25.8 Å². The van der Waals surface area contributed by atoms with Crippen LogP contribution in [0.25, 0.3) is 11.3 Å². The van der Waals surface area contributed by atoms with Crippen LogP contribution in [-0.4, -0.2) is 63.5 Å². The molecule has 11 heteroatoms. The van der Waals surface area contributed by atoms with Crippen LogP contribution in [0.5, 0.6) is 0 Å². The Morgan fingerprint density at radius 1 is 1.21 bits per heavy atom. The Balaban J connectivity index is 1.49. The van der Waals surface area contributed by atoms with Crippen LogP contribution in [-0.2, 0) is 14.3 Å². The van der Waals surface area contributed by atoms with Crippen molar-refractivity contribution in [3.8, 4) is 23.4 Å². The largest absolute Gasteiger partial charge is 0.376 e. The van der Waals surface area contributed by atoms with Crippen molar-refractivity contribution in [2.24, 2.45) is 5.92 Å². The molecule has 2 aliphatic rings. The molecule has 0 aromatic carbocycles. The lowest BCUT2D eigenvalue weighted by Gasteiger charge is -2.33. The van der Waals surface area contributed by atoms with Crippen molar-refractivity contribution in [1.29, 1.82) is 10.5 Å². The lowest BCUT2D eigenvalue weighted by molar-refractivity contribution is -0.138. The zero-order valence-corrected chi connectivity index (χ0v) is 18.0. The van der Waals surface area contributed by atoms with Gasteiger partial charge in [-0.25, -0.2) is 9.97 Å². The minimum absolute atomic E-state index is 0.0545. The second kappa shape index (κ2) is 9.59. The average molecular weight is 446 g/mol. The molecule has 2 aromatic heterocycles. The van der Waals surface area contributed by atoms with Crippen LogP contribution in [0.2, 0.25) is 0 Å². The number of rotatable bonds is 6. The molecule has 33 heavy (non-hydrogen) atoms. The molecule has 0 spiro atoms. The van der Waals surface area contributed by atoms with Crippen molar-refractivity contribution in [2.75, 3.05) is 30.4 Å². The summed E-state index contributed by atoms with van der Waals surface area (Å²) >= 11 is 0. The number of nitrogens with zero attached hydrogens (tertiary/aromatic N) is 6. The first kappa shape index (κ1) is 22.1. The SMILES string of the molecule is CC(Nc1cc(-c2cnc(NC(=O)C3CC3)cn2)cnc1C#N)C(=O)N1CCOC[C@@H]1C#N. The lowest BCUT2D eigenvalue weighted by Crippen LogP contribution is -2.52. The second-order valence-corrected chi connectivity index (χ2v) is 7.90. The van der Waals surface area contributed by atoms with Crippen LogP contribution in [0.4, 0.5) is 11.5 Å². The lowest BCUT2D eigenvalue weighted by atomic mass is 10.1. The average Bonchev–Trinajstić information content (AvgIpc) is 3.70. The first-order valence-corrected chi connectivity index (χ1v) is 10.6. The van der Waals surface area contributed by atoms with Crippen LogP contribution < -0.4 is 10.6 Å². The summed E-state index contributed by atoms with van der Waals surface area (Å²) in [5.41, 5.74) is 1.57. The van der Waals surface area contributed by atoms with Crippen molar-refractivity contribution in [2.45, 2.75) is 31.8 Å². The Hall–Kier alpha value is -4.09. The molecule has 11 nitrogen and oxygen atoms in total. The molecule has 2 N–H and O–H groups in total. The highest BCUT2D eigenvalue weighted by molar-refractivity contribution is 5.93. The number of pyridine rings is 1. The highest BCUT2D eigenvalue weighted by atomic mass is 16.5. The van der Waals surface area contributed by atoms with Gasteiger partial charge in [0.1, 0.15) is 18.2 Å². The van der Waals surface area contributed by atoms with Gasteiger partial charge >= 0.3 is 0 Å². The molecule has 1 saturated carbocycles. The third-order valence-electron chi connectivity index (χ3n) is 5.44. The first-order valence-electron chi connectivity index (χ1n) is 10.6. The van der Waals surface area contributed by atoms with Gasteiger partial charge in [-0.15, -0.1) is 0 Å². The molecule has 2 amide bonds. The van der Waals surface area contributed by atoms with E-state index in [-0.39, 0.29) is 30.0 Å². The van der Waals surface area contributed by atoms with E-state index in [1.54, 1.807) is 13.0 Å². The molecule has 3 heterocycles. The normalized spacial score (nSPS) is 18.5. The van der Waals surface area contributed by atoms with E-state index in [1.165, 1.54) is 23.5 Å². The van der Waals surface area contributed by atoms with E-state index in [1.807, 2.05) is 6.07 Å². The third kappa shape index (κ3) is 5.05. The molecule has 168 valence electrons. The predicted octanol–water partition coefficient (Wildman–Crippen LogP) is 1.31. The molecule has 1 saturated heterocycles. The second-order valence-electron chi connectivity index (χ2n) is 7.90. The van der Waals surface area contributed by atoms with Gasteiger partial charge in [0.05, 0.1) is 43.1 Å². The maximum Gasteiger partial charge on any atom is 0.246 e. The number of aromatic nitrogens is 3. The van der Waals surface area contributed by atoms with Gasteiger partial charge in [-0.2, -0.15) is 10.5 Å². The standard InChI is InChI=1S/C22H22N8O3/c1-13(22(32)30-4-5-33-12-16(30)7-23)28-17-6-15(9-25-18(17)8-24)19-10-27-20(11-26-19)29-21(31)14-2-3-14/h6,9-11,13-14,16,28H,2-5,12H2,1H3,(H,27,29,31)/t13?,16-/m0/s1. The number of nitrogens with one attached hydrogen (secondary N) is 2. The summed E-state index contributed by atoms with van der Waals surface area (Å²) < 4.78 is 5.27. The highest BCUT2D eigenvalue weighted by Crippen LogP contribution is 2.30. The van der Waals surface area contributed by atoms with Crippen molar-refractivity contribution in [1.82, 2.24) is 19.9 Å². The number of morpholine rings is 1. The summed E-state index contributed by atoms with van der Waals surface area (Å²) in [4.78, 5) is 39.0. The van der Waals surface area contributed by atoms with Gasteiger partial charge < -0.3 is 20.3 Å². The van der Waals surface area contributed by atoms with Crippen molar-refractivity contribution in [3.63, 3.8) is 0 Å². The number of carbonyl (C=O) groups is 2. The Morgan fingerprint density at radius 2 is 2.03 bits per heavy atom. The number of amides is 2. The summed E-state index contributed by atoms with van der Waals surface area (Å²) in [5, 5.41) is 24.5. The number of nitriles is 2. The summed E-state index contributed by atoms with van der Waals surface area (Å²) in [6.45, 7) is 2.53. The van der Waals surface area contributed by atoms with Crippen LogP contribution in [0, 0.1) is 28.6 Å². The number of anilines is 2. The highest BCUT2D eigenvalue weighted by Gasteiger charge is 2.31. The molecule has 1 aliphatic carbocycles. The summed E-state index contributed by atoms with van der Waals surface area (Å²) in [6, 6.07) is 4.41. The minimum Gasteiger partial charge on any atom is -0.376 e. The van der Waals surface area contributed by atoms with Crippen molar-refractivity contribution >= 4 is 23.3 Å². The van der Waals surface area contributed by atoms with E-state index >= 15 is 0 Å². The molecule has 2 aromatic rings. The molecule has 0 radical (unpaired) electrons. The molecule has 2 fully saturated rings. The van der Waals surface area contributed by atoms with Gasteiger partial charge in [-0.3, -0.25) is 14.6 Å². The Kier molecular flexibility index (Phi) is 6.43.